The maximum Gasteiger partial charge on any atom is 0.261 e. The number of amides is 1. The molecule has 1 aromatic heterocycles. The summed E-state index contributed by atoms with van der Waals surface area (Å²) in [4.78, 5) is 17.0. The number of para-hydroxylation sites is 1. The number of nitrogens with one attached hydrogen (secondary N) is 1. The Morgan fingerprint density at radius 3 is 2.75 bits per heavy atom. The highest BCUT2D eigenvalue weighted by atomic mass is 16.5. The van der Waals surface area contributed by atoms with Gasteiger partial charge in [0.05, 0.1) is 12.2 Å². The van der Waals surface area contributed by atoms with Gasteiger partial charge in [0.15, 0.2) is 6.10 Å². The summed E-state index contributed by atoms with van der Waals surface area (Å²) in [6.45, 7) is 6.79. The van der Waals surface area contributed by atoms with Crippen LogP contribution in [0.3, 0.4) is 0 Å². The number of benzene rings is 1. The van der Waals surface area contributed by atoms with Crippen molar-refractivity contribution in [1.82, 2.24) is 10.3 Å². The minimum atomic E-state index is -0.712. The molecule has 28 heavy (non-hydrogen) atoms. The lowest BCUT2D eigenvalue weighted by molar-refractivity contribution is -0.130. The lowest BCUT2D eigenvalue weighted by Gasteiger charge is -2.22. The molecule has 1 aromatic carbocycles. The molecule has 1 unspecified atom stereocenters. The van der Waals surface area contributed by atoms with Gasteiger partial charge in [0.1, 0.15) is 11.8 Å². The van der Waals surface area contributed by atoms with Crippen molar-refractivity contribution in [2.24, 2.45) is 5.92 Å². The molecular formula is C22H27N3O3. The van der Waals surface area contributed by atoms with Crippen LogP contribution in [0.4, 0.5) is 0 Å². The van der Waals surface area contributed by atoms with E-state index in [4.69, 9.17) is 9.47 Å². The summed E-state index contributed by atoms with van der Waals surface area (Å²) in [6.07, 6.45) is 2.95. The molecule has 0 aliphatic rings. The van der Waals surface area contributed by atoms with Crippen LogP contribution in [-0.2, 0) is 11.3 Å². The van der Waals surface area contributed by atoms with E-state index in [0.717, 1.165) is 18.4 Å². The fourth-order valence-corrected chi connectivity index (χ4v) is 2.58. The zero-order valence-corrected chi connectivity index (χ0v) is 16.6. The maximum absolute atomic E-state index is 12.8. The van der Waals surface area contributed by atoms with Crippen LogP contribution in [0.1, 0.15) is 44.7 Å². The average Bonchev–Trinajstić information content (AvgIpc) is 2.71. The molecule has 148 valence electrons. The zero-order valence-electron chi connectivity index (χ0n) is 16.6. The van der Waals surface area contributed by atoms with Crippen molar-refractivity contribution in [2.75, 3.05) is 6.61 Å². The Hall–Kier alpha value is -3.07. The third-order valence-electron chi connectivity index (χ3n) is 4.17. The van der Waals surface area contributed by atoms with E-state index in [0.29, 0.717) is 30.3 Å². The topological polar surface area (TPSA) is 84.2 Å². The molecule has 0 saturated heterocycles. The number of unbranched alkanes of at least 4 members (excludes halogenated alkanes) is 1. The quantitative estimate of drug-likeness (QED) is 0.632. The minimum absolute atomic E-state index is 0.0686. The molecule has 1 amide bonds. The molecule has 0 spiro atoms. The van der Waals surface area contributed by atoms with Gasteiger partial charge in [0, 0.05) is 18.3 Å². The second kappa shape index (κ2) is 10.9. The van der Waals surface area contributed by atoms with Gasteiger partial charge >= 0.3 is 0 Å². The molecule has 0 aliphatic heterocycles. The molecular weight excluding hydrogens is 354 g/mol. The van der Waals surface area contributed by atoms with Crippen LogP contribution in [-0.4, -0.2) is 23.6 Å². The van der Waals surface area contributed by atoms with E-state index in [-0.39, 0.29) is 11.8 Å². The lowest BCUT2D eigenvalue weighted by Crippen LogP contribution is -2.41. The highest BCUT2D eigenvalue weighted by molar-refractivity contribution is 5.81. The molecule has 0 fully saturated rings. The number of carbonyl (C=O) groups excluding carboxylic acids is 1. The molecule has 0 radical (unpaired) electrons. The van der Waals surface area contributed by atoms with Crippen molar-refractivity contribution < 1.29 is 14.3 Å². The van der Waals surface area contributed by atoms with Crippen LogP contribution in [0.15, 0.2) is 42.6 Å². The van der Waals surface area contributed by atoms with E-state index in [1.165, 1.54) is 0 Å². The van der Waals surface area contributed by atoms with E-state index < -0.39 is 6.10 Å². The van der Waals surface area contributed by atoms with Crippen LogP contribution >= 0.6 is 0 Å². The van der Waals surface area contributed by atoms with E-state index in [1.54, 1.807) is 30.5 Å². The van der Waals surface area contributed by atoms with Crippen LogP contribution in [0.5, 0.6) is 11.6 Å². The van der Waals surface area contributed by atoms with Gasteiger partial charge < -0.3 is 14.8 Å². The first-order chi connectivity index (χ1) is 13.6. The molecule has 1 N–H and O–H groups in total. The molecule has 0 bridgehead atoms. The minimum Gasteiger partial charge on any atom is -0.479 e. The predicted molar refractivity (Wildman–Crippen MR) is 107 cm³/mol. The normalized spacial score (nSPS) is 11.5. The van der Waals surface area contributed by atoms with Gasteiger partial charge in [0.25, 0.3) is 5.91 Å². The number of nitriles is 1. The molecule has 6 heteroatoms. The van der Waals surface area contributed by atoms with Crippen LogP contribution in [0.25, 0.3) is 0 Å². The third-order valence-corrected chi connectivity index (χ3v) is 4.17. The van der Waals surface area contributed by atoms with Gasteiger partial charge in [0.2, 0.25) is 5.88 Å². The second-order valence-corrected chi connectivity index (χ2v) is 6.78. The van der Waals surface area contributed by atoms with E-state index in [9.17, 15) is 10.1 Å². The summed E-state index contributed by atoms with van der Waals surface area (Å²) in [5, 5.41) is 12.1. The summed E-state index contributed by atoms with van der Waals surface area (Å²) < 4.78 is 11.6. The number of ether oxygens (including phenoxy) is 2. The lowest BCUT2D eigenvalue weighted by atomic mass is 10.1. The van der Waals surface area contributed by atoms with Crippen molar-refractivity contribution in [3.05, 3.63) is 53.7 Å². The first kappa shape index (κ1) is 21.2. The standard InChI is InChI=1S/C22H27N3O3/c1-4-5-13-27-22-18(10-8-12-24-22)15-25-21(26)20(16(2)3)28-19-11-7-6-9-17(19)14-23/h6-12,16,20H,4-5,13,15H2,1-3H3,(H,25,26). The molecule has 1 atom stereocenters. The highest BCUT2D eigenvalue weighted by Gasteiger charge is 2.25. The number of hydrogen-bond donors (Lipinski definition) is 1. The largest absolute Gasteiger partial charge is 0.479 e. The van der Waals surface area contributed by atoms with Crippen molar-refractivity contribution in [3.63, 3.8) is 0 Å². The van der Waals surface area contributed by atoms with E-state index in [2.05, 4.69) is 23.3 Å². The monoisotopic (exact) mass is 381 g/mol. The molecule has 2 aromatic rings. The van der Waals surface area contributed by atoms with Crippen molar-refractivity contribution >= 4 is 5.91 Å². The fraction of sp³-hybridized carbons (Fsp3) is 0.409. The number of rotatable bonds is 10. The zero-order chi connectivity index (χ0) is 20.4. The Balaban J connectivity index is 2.04. The Morgan fingerprint density at radius 2 is 2.04 bits per heavy atom. The predicted octanol–water partition coefficient (Wildman–Crippen LogP) is 3.85. The van der Waals surface area contributed by atoms with Crippen LogP contribution in [0, 0.1) is 17.2 Å². The third kappa shape index (κ3) is 5.98. The van der Waals surface area contributed by atoms with E-state index in [1.807, 2.05) is 26.0 Å². The van der Waals surface area contributed by atoms with Crippen molar-refractivity contribution in [2.45, 2.75) is 46.3 Å². The van der Waals surface area contributed by atoms with Crippen LogP contribution in [0.2, 0.25) is 0 Å². The summed E-state index contributed by atoms with van der Waals surface area (Å²) in [6, 6.07) is 12.7. The van der Waals surface area contributed by atoms with Crippen LogP contribution < -0.4 is 14.8 Å². The Morgan fingerprint density at radius 1 is 1.25 bits per heavy atom. The Kier molecular flexibility index (Phi) is 8.29. The van der Waals surface area contributed by atoms with Crippen molar-refractivity contribution in [3.8, 4) is 17.7 Å². The number of aromatic nitrogens is 1. The molecule has 6 nitrogen and oxygen atoms in total. The smallest absolute Gasteiger partial charge is 0.261 e. The molecule has 0 saturated carbocycles. The number of nitrogens with zero attached hydrogens (tertiary/aromatic N) is 2. The van der Waals surface area contributed by atoms with Gasteiger partial charge in [-0.1, -0.05) is 45.4 Å². The maximum atomic E-state index is 12.8. The average molecular weight is 381 g/mol. The summed E-state index contributed by atoms with van der Waals surface area (Å²) in [5.41, 5.74) is 1.21. The van der Waals surface area contributed by atoms with Gasteiger partial charge in [-0.2, -0.15) is 5.26 Å². The Bertz CT molecular complexity index is 815. The molecule has 1 heterocycles. The number of pyridine rings is 1. The number of hydrogen-bond acceptors (Lipinski definition) is 5. The van der Waals surface area contributed by atoms with Crippen molar-refractivity contribution in [1.29, 1.82) is 5.26 Å². The first-order valence-corrected chi connectivity index (χ1v) is 9.57. The Labute approximate surface area is 166 Å². The SMILES string of the molecule is CCCCOc1ncccc1CNC(=O)C(Oc1ccccc1C#N)C(C)C. The fourth-order valence-electron chi connectivity index (χ4n) is 2.58. The van der Waals surface area contributed by atoms with Gasteiger partial charge in [-0.25, -0.2) is 4.98 Å². The van der Waals surface area contributed by atoms with E-state index >= 15 is 0 Å². The second-order valence-electron chi connectivity index (χ2n) is 6.78. The van der Waals surface area contributed by atoms with Gasteiger partial charge in [-0.05, 0) is 30.5 Å². The summed E-state index contributed by atoms with van der Waals surface area (Å²) in [5.74, 6) is 0.629. The molecule has 0 aliphatic carbocycles. The van der Waals surface area contributed by atoms with Gasteiger partial charge in [-0.15, -0.1) is 0 Å². The number of carbonyl (C=O) groups is 1. The summed E-state index contributed by atoms with van der Waals surface area (Å²) >= 11 is 0. The van der Waals surface area contributed by atoms with Gasteiger partial charge in [-0.3, -0.25) is 4.79 Å². The summed E-state index contributed by atoms with van der Waals surface area (Å²) in [7, 11) is 0. The first-order valence-electron chi connectivity index (χ1n) is 9.57. The molecule has 2 rings (SSSR count). The highest BCUT2D eigenvalue weighted by Crippen LogP contribution is 2.21.